The predicted molar refractivity (Wildman–Crippen MR) is 110 cm³/mol. The number of likely N-dealkylation sites (N-methyl/N-ethyl adjacent to an activating group) is 1. The van der Waals surface area contributed by atoms with E-state index < -0.39 is 20.0 Å². The molecule has 162 valence electrons. The molecule has 0 aliphatic heterocycles. The van der Waals surface area contributed by atoms with Gasteiger partial charge >= 0.3 is 0 Å². The Kier molecular flexibility index (Phi) is 9.30. The van der Waals surface area contributed by atoms with Crippen molar-refractivity contribution in [1.82, 2.24) is 3.71 Å². The van der Waals surface area contributed by atoms with E-state index >= 15 is 0 Å². The van der Waals surface area contributed by atoms with Gasteiger partial charge in [0.15, 0.2) is 0 Å². The number of quaternary nitrogens is 1. The van der Waals surface area contributed by atoms with E-state index in [1.165, 1.54) is 24.3 Å². The highest BCUT2D eigenvalue weighted by Crippen LogP contribution is 2.24. The Balaban J connectivity index is 0.00000420. The van der Waals surface area contributed by atoms with Crippen molar-refractivity contribution in [1.29, 1.82) is 0 Å². The molecule has 2 aromatic rings. The Labute approximate surface area is 181 Å². The van der Waals surface area contributed by atoms with Crippen molar-refractivity contribution in [3.8, 4) is 0 Å². The van der Waals surface area contributed by atoms with Crippen LogP contribution in [0.25, 0.3) is 0 Å². The number of nitrogens with zero attached hydrogens (tertiary/aromatic N) is 1. The molecule has 29 heavy (non-hydrogen) atoms. The van der Waals surface area contributed by atoms with E-state index in [1.54, 1.807) is 24.3 Å². The fourth-order valence-corrected chi connectivity index (χ4v) is 6.52. The van der Waals surface area contributed by atoms with E-state index in [2.05, 4.69) is 0 Å². The van der Waals surface area contributed by atoms with E-state index in [-0.39, 0.29) is 28.7 Å². The monoisotopic (exact) mass is 460 g/mol. The number of nitrogens with one attached hydrogen (secondary N) is 1. The zero-order chi connectivity index (χ0) is 20.9. The van der Waals surface area contributed by atoms with E-state index in [4.69, 9.17) is 0 Å². The Morgan fingerprint density at radius 1 is 0.724 bits per heavy atom. The van der Waals surface area contributed by atoms with E-state index in [0.29, 0.717) is 10.3 Å². The largest absolute Gasteiger partial charge is 1.00 e. The molecule has 2 aromatic carbocycles. The molecule has 0 amide bonds. The molecular weight excluding hydrogens is 432 g/mol. The summed E-state index contributed by atoms with van der Waals surface area (Å²) in [6.45, 7) is 9.56. The highest BCUT2D eigenvalue weighted by Gasteiger charge is 2.37. The first-order chi connectivity index (χ1) is 13.1. The van der Waals surface area contributed by atoms with Crippen LogP contribution in [0.1, 0.15) is 25.0 Å². The van der Waals surface area contributed by atoms with Gasteiger partial charge in [0.2, 0.25) is 0 Å². The van der Waals surface area contributed by atoms with Gasteiger partial charge in [-0.2, -0.15) is 0 Å². The quantitative estimate of drug-likeness (QED) is 0.500. The maximum atomic E-state index is 13.3. The molecule has 1 N–H and O–H groups in total. The van der Waals surface area contributed by atoms with Crippen LogP contribution in [-0.4, -0.2) is 46.7 Å². The summed E-state index contributed by atoms with van der Waals surface area (Å²) in [5.41, 5.74) is 1.80. The van der Waals surface area contributed by atoms with Crippen molar-refractivity contribution in [2.75, 3.05) is 26.2 Å². The summed E-state index contributed by atoms with van der Waals surface area (Å²) in [5, 5.41) is 0. The van der Waals surface area contributed by atoms with Crippen molar-refractivity contribution in [2.24, 2.45) is 0 Å². The molecule has 9 heteroatoms. The van der Waals surface area contributed by atoms with E-state index in [0.717, 1.165) is 29.1 Å². The molecule has 2 rings (SSSR count). The van der Waals surface area contributed by atoms with Gasteiger partial charge in [-0.25, -0.2) is 16.8 Å². The maximum absolute atomic E-state index is 13.3. The number of rotatable bonds is 9. The first-order valence-electron chi connectivity index (χ1n) is 9.37. The molecule has 6 nitrogen and oxygen atoms in total. The fourth-order valence-electron chi connectivity index (χ4n) is 2.88. The maximum Gasteiger partial charge on any atom is 0.256 e. The topological polar surface area (TPSA) is 76.0 Å². The zero-order valence-corrected chi connectivity index (χ0v) is 19.6. The van der Waals surface area contributed by atoms with Crippen molar-refractivity contribution >= 4 is 20.0 Å². The summed E-state index contributed by atoms with van der Waals surface area (Å²) < 4.78 is 53.7. The second-order valence-electron chi connectivity index (χ2n) is 6.84. The summed E-state index contributed by atoms with van der Waals surface area (Å²) in [6.07, 6.45) is 0. The minimum Gasteiger partial charge on any atom is -1.00 e. The molecule has 0 fully saturated rings. The average molecular weight is 461 g/mol. The highest BCUT2D eigenvalue weighted by molar-refractivity contribution is 8.04. The number of hydrogen-bond acceptors (Lipinski definition) is 4. The third kappa shape index (κ3) is 6.02. The van der Waals surface area contributed by atoms with E-state index in [1.807, 2.05) is 27.7 Å². The molecule has 0 aliphatic rings. The molecule has 0 atom stereocenters. The standard InChI is InChI=1S/C20H28N2O4S2.ClH/c1-5-21(6-2)15-16-22(27(23,24)19-11-7-17(3)8-12-19)28(25,26)20-13-9-18(4)10-14-20;/h7-14H,5-6,15-16H2,1-4H3;1H. The molecule has 0 radical (unpaired) electrons. The van der Waals surface area contributed by atoms with Crippen molar-refractivity contribution in [3.63, 3.8) is 0 Å². The molecule has 0 heterocycles. The van der Waals surface area contributed by atoms with Gasteiger partial charge in [0, 0.05) is 0 Å². The second-order valence-corrected chi connectivity index (χ2v) is 10.8. The number of aryl methyl sites for hydroxylation is 2. The molecule has 0 bridgehead atoms. The van der Waals surface area contributed by atoms with Crippen LogP contribution >= 0.6 is 0 Å². The third-order valence-electron chi connectivity index (χ3n) is 4.82. The van der Waals surface area contributed by atoms with Crippen LogP contribution in [0.5, 0.6) is 0 Å². The lowest BCUT2D eigenvalue weighted by atomic mass is 10.2. The number of sulfonamides is 2. The lowest BCUT2D eigenvalue weighted by Gasteiger charge is -2.24. The average Bonchev–Trinajstić information content (AvgIpc) is 2.65. The van der Waals surface area contributed by atoms with Crippen LogP contribution in [0.3, 0.4) is 0 Å². The van der Waals surface area contributed by atoms with Crippen molar-refractivity contribution in [3.05, 3.63) is 59.7 Å². The fraction of sp³-hybridized carbons (Fsp3) is 0.400. The van der Waals surface area contributed by atoms with Gasteiger partial charge in [0.1, 0.15) is 0 Å². The summed E-state index contributed by atoms with van der Waals surface area (Å²) in [7, 11) is -8.43. The molecule has 0 aliphatic carbocycles. The Morgan fingerprint density at radius 3 is 1.38 bits per heavy atom. The molecule has 0 saturated heterocycles. The van der Waals surface area contributed by atoms with Gasteiger partial charge in [-0.05, 0) is 52.0 Å². The summed E-state index contributed by atoms with van der Waals surface area (Å²) >= 11 is 0. The Bertz CT molecular complexity index is 910. The molecule has 0 spiro atoms. The van der Waals surface area contributed by atoms with Crippen LogP contribution < -0.4 is 17.3 Å². The molecule has 0 aromatic heterocycles. The van der Waals surface area contributed by atoms with E-state index in [9.17, 15) is 16.8 Å². The number of hydrogen-bond donors (Lipinski definition) is 1. The molecule has 0 unspecified atom stereocenters. The van der Waals surface area contributed by atoms with Gasteiger partial charge in [0.05, 0.1) is 36.0 Å². The smallest absolute Gasteiger partial charge is 0.256 e. The lowest BCUT2D eigenvalue weighted by molar-refractivity contribution is -0.895. The predicted octanol–water partition coefficient (Wildman–Crippen LogP) is -1.39. The van der Waals surface area contributed by atoms with Gasteiger partial charge in [-0.3, -0.25) is 0 Å². The van der Waals surface area contributed by atoms with Crippen LogP contribution in [0, 0.1) is 13.8 Å². The van der Waals surface area contributed by atoms with Gasteiger partial charge in [-0.15, -0.1) is 0 Å². The third-order valence-corrected chi connectivity index (χ3v) is 9.17. The SMILES string of the molecule is CC[NH+](CC)CCN(S(=O)(=O)c1ccc(C)cc1)S(=O)(=O)c1ccc(C)cc1.[Cl-]. The summed E-state index contributed by atoms with van der Waals surface area (Å²) in [4.78, 5) is 1.08. The van der Waals surface area contributed by atoms with Crippen molar-refractivity contribution in [2.45, 2.75) is 37.5 Å². The van der Waals surface area contributed by atoms with Gasteiger partial charge in [0.25, 0.3) is 20.0 Å². The normalized spacial score (nSPS) is 12.2. The molecule has 0 saturated carbocycles. The van der Waals surface area contributed by atoms with Crippen LogP contribution in [-0.2, 0) is 20.0 Å². The molecular formula is C20H29ClN2O4S2. The van der Waals surface area contributed by atoms with Crippen LogP contribution in [0.15, 0.2) is 58.3 Å². The van der Waals surface area contributed by atoms with Crippen molar-refractivity contribution < 1.29 is 34.1 Å². The Hall–Kier alpha value is -1.45. The highest BCUT2D eigenvalue weighted by atomic mass is 35.5. The minimum atomic E-state index is -4.21. The van der Waals surface area contributed by atoms with Crippen LogP contribution in [0.4, 0.5) is 0 Å². The number of benzene rings is 2. The second kappa shape index (κ2) is 10.5. The Morgan fingerprint density at radius 2 is 1.07 bits per heavy atom. The summed E-state index contributed by atoms with van der Waals surface area (Å²) in [5.74, 6) is 0. The van der Waals surface area contributed by atoms with Gasteiger partial charge in [-0.1, -0.05) is 39.1 Å². The minimum absolute atomic E-state index is 0. The summed E-state index contributed by atoms with van der Waals surface area (Å²) in [6, 6.07) is 12.5. The first-order valence-corrected chi connectivity index (χ1v) is 12.3. The zero-order valence-electron chi connectivity index (χ0n) is 17.2. The lowest BCUT2D eigenvalue weighted by Crippen LogP contribution is -3.12. The van der Waals surface area contributed by atoms with Crippen LogP contribution in [0.2, 0.25) is 0 Å². The number of halogens is 1. The van der Waals surface area contributed by atoms with Gasteiger partial charge < -0.3 is 17.3 Å². The first kappa shape index (κ1) is 25.6.